The molecule has 0 spiro atoms. The summed E-state index contributed by atoms with van der Waals surface area (Å²) >= 11 is 0. The maximum Gasteiger partial charge on any atom is 0.254 e. The van der Waals surface area contributed by atoms with Gasteiger partial charge in [0.05, 0.1) is 11.1 Å². The zero-order valence-corrected chi connectivity index (χ0v) is 13.6. The second-order valence-corrected chi connectivity index (χ2v) is 7.03. The summed E-state index contributed by atoms with van der Waals surface area (Å²) in [4.78, 5) is 19.8. The SMILES string of the molecule is Cc1ccc2nc(C3CC3)cc(C(=O)N3CCC(CN)C3)c2c1. The second-order valence-electron chi connectivity index (χ2n) is 7.03. The lowest BCUT2D eigenvalue weighted by molar-refractivity contribution is 0.0789. The van der Waals surface area contributed by atoms with E-state index in [4.69, 9.17) is 10.7 Å². The van der Waals surface area contributed by atoms with Crippen molar-refractivity contribution < 1.29 is 4.79 Å². The maximum absolute atomic E-state index is 13.1. The summed E-state index contributed by atoms with van der Waals surface area (Å²) in [5, 5.41) is 0.982. The molecule has 2 aliphatic rings. The van der Waals surface area contributed by atoms with Gasteiger partial charge in [0.2, 0.25) is 0 Å². The van der Waals surface area contributed by atoms with Gasteiger partial charge in [-0.05, 0) is 56.8 Å². The summed E-state index contributed by atoms with van der Waals surface area (Å²) in [6.45, 7) is 4.31. The van der Waals surface area contributed by atoms with Crippen LogP contribution < -0.4 is 5.73 Å². The van der Waals surface area contributed by atoms with Crippen LogP contribution in [0.1, 0.15) is 46.8 Å². The van der Waals surface area contributed by atoms with Crippen molar-refractivity contribution in [1.29, 1.82) is 0 Å². The number of aromatic nitrogens is 1. The third-order valence-electron chi connectivity index (χ3n) is 5.12. The molecule has 2 fully saturated rings. The van der Waals surface area contributed by atoms with E-state index in [1.54, 1.807) is 0 Å². The van der Waals surface area contributed by atoms with Gasteiger partial charge in [-0.1, -0.05) is 11.6 Å². The Kier molecular flexibility index (Phi) is 3.57. The Hall–Kier alpha value is -1.94. The van der Waals surface area contributed by atoms with Crippen LogP contribution in [0.3, 0.4) is 0 Å². The van der Waals surface area contributed by atoms with Gasteiger partial charge in [-0.2, -0.15) is 0 Å². The summed E-state index contributed by atoms with van der Waals surface area (Å²) in [6.07, 6.45) is 3.40. The lowest BCUT2D eigenvalue weighted by Crippen LogP contribution is -2.30. The van der Waals surface area contributed by atoms with Crippen molar-refractivity contribution >= 4 is 16.8 Å². The normalized spacial score (nSPS) is 21.1. The molecule has 1 aliphatic heterocycles. The number of carbonyl (C=O) groups is 1. The predicted molar refractivity (Wildman–Crippen MR) is 91.5 cm³/mol. The Bertz CT molecular complexity index is 767. The second kappa shape index (κ2) is 5.60. The third kappa shape index (κ3) is 2.72. The van der Waals surface area contributed by atoms with Crippen molar-refractivity contribution in [2.24, 2.45) is 11.7 Å². The third-order valence-corrected chi connectivity index (χ3v) is 5.12. The fraction of sp³-hybridized carbons (Fsp3) is 0.474. The van der Waals surface area contributed by atoms with Crippen molar-refractivity contribution in [2.45, 2.75) is 32.1 Å². The summed E-state index contributed by atoms with van der Waals surface area (Å²) in [5.41, 5.74) is 9.77. The van der Waals surface area contributed by atoms with Crippen LogP contribution in [-0.4, -0.2) is 35.4 Å². The number of likely N-dealkylation sites (tertiary alicyclic amines) is 1. The number of hydrogen-bond acceptors (Lipinski definition) is 3. The van der Waals surface area contributed by atoms with E-state index in [2.05, 4.69) is 19.1 Å². The molecular formula is C19H23N3O. The number of pyridine rings is 1. The molecule has 1 aromatic heterocycles. The Morgan fingerprint density at radius 2 is 2.13 bits per heavy atom. The minimum absolute atomic E-state index is 0.140. The van der Waals surface area contributed by atoms with E-state index in [1.165, 1.54) is 12.8 Å². The van der Waals surface area contributed by atoms with Crippen molar-refractivity contribution in [3.8, 4) is 0 Å². The van der Waals surface area contributed by atoms with Crippen LogP contribution in [0.15, 0.2) is 24.3 Å². The highest BCUT2D eigenvalue weighted by Gasteiger charge is 2.30. The lowest BCUT2D eigenvalue weighted by Gasteiger charge is -2.18. The molecule has 2 heterocycles. The molecule has 0 radical (unpaired) electrons. The number of aryl methyl sites for hydroxylation is 1. The van der Waals surface area contributed by atoms with E-state index in [1.807, 2.05) is 17.0 Å². The van der Waals surface area contributed by atoms with Gasteiger partial charge in [0.1, 0.15) is 0 Å². The molecular weight excluding hydrogens is 286 g/mol. The van der Waals surface area contributed by atoms with Crippen LogP contribution in [0.25, 0.3) is 10.9 Å². The van der Waals surface area contributed by atoms with E-state index in [0.717, 1.165) is 47.2 Å². The summed E-state index contributed by atoms with van der Waals surface area (Å²) < 4.78 is 0. The molecule has 1 saturated heterocycles. The highest BCUT2D eigenvalue weighted by Crippen LogP contribution is 2.40. The highest BCUT2D eigenvalue weighted by molar-refractivity contribution is 6.06. The maximum atomic E-state index is 13.1. The van der Waals surface area contributed by atoms with Gasteiger partial charge in [0, 0.05) is 30.1 Å². The molecule has 2 N–H and O–H groups in total. The van der Waals surface area contributed by atoms with Gasteiger partial charge in [0.25, 0.3) is 5.91 Å². The van der Waals surface area contributed by atoms with Crippen LogP contribution in [0.2, 0.25) is 0 Å². The number of rotatable bonds is 3. The lowest BCUT2D eigenvalue weighted by atomic mass is 10.0. The zero-order valence-electron chi connectivity index (χ0n) is 13.6. The van der Waals surface area contributed by atoms with Crippen LogP contribution in [0, 0.1) is 12.8 Å². The average Bonchev–Trinajstić information content (AvgIpc) is 3.30. The first-order chi connectivity index (χ1) is 11.2. The molecule has 2 aromatic rings. The molecule has 120 valence electrons. The number of hydrogen-bond donors (Lipinski definition) is 1. The monoisotopic (exact) mass is 309 g/mol. The largest absolute Gasteiger partial charge is 0.338 e. The number of nitrogens with zero attached hydrogens (tertiary/aromatic N) is 2. The van der Waals surface area contributed by atoms with Crippen molar-refractivity contribution in [2.75, 3.05) is 19.6 Å². The van der Waals surface area contributed by atoms with Gasteiger partial charge in [-0.3, -0.25) is 9.78 Å². The number of carbonyl (C=O) groups excluding carboxylic acids is 1. The first-order valence-corrected chi connectivity index (χ1v) is 8.56. The van der Waals surface area contributed by atoms with E-state index >= 15 is 0 Å². The van der Waals surface area contributed by atoms with Crippen LogP contribution in [0.5, 0.6) is 0 Å². The Balaban J connectivity index is 1.77. The minimum atomic E-state index is 0.140. The molecule has 4 rings (SSSR count). The van der Waals surface area contributed by atoms with Crippen molar-refractivity contribution in [3.63, 3.8) is 0 Å². The van der Waals surface area contributed by atoms with Gasteiger partial charge < -0.3 is 10.6 Å². The number of fused-ring (bicyclic) bond motifs is 1. The molecule has 0 bridgehead atoms. The van der Waals surface area contributed by atoms with E-state index in [0.29, 0.717) is 18.4 Å². The van der Waals surface area contributed by atoms with E-state index in [-0.39, 0.29) is 5.91 Å². The first kappa shape index (κ1) is 14.6. The molecule has 1 saturated carbocycles. The molecule has 1 aromatic carbocycles. The van der Waals surface area contributed by atoms with Gasteiger partial charge in [-0.25, -0.2) is 0 Å². The molecule has 1 unspecified atom stereocenters. The van der Waals surface area contributed by atoms with Crippen LogP contribution >= 0.6 is 0 Å². The van der Waals surface area contributed by atoms with Gasteiger partial charge in [-0.15, -0.1) is 0 Å². The average molecular weight is 309 g/mol. The molecule has 4 heteroatoms. The summed E-state index contributed by atoms with van der Waals surface area (Å²) in [7, 11) is 0. The van der Waals surface area contributed by atoms with E-state index < -0.39 is 0 Å². The molecule has 1 amide bonds. The quantitative estimate of drug-likeness (QED) is 0.948. The fourth-order valence-electron chi connectivity index (χ4n) is 3.51. The molecule has 23 heavy (non-hydrogen) atoms. The van der Waals surface area contributed by atoms with Crippen molar-refractivity contribution in [3.05, 3.63) is 41.1 Å². The van der Waals surface area contributed by atoms with Gasteiger partial charge >= 0.3 is 0 Å². The minimum Gasteiger partial charge on any atom is -0.338 e. The first-order valence-electron chi connectivity index (χ1n) is 8.56. The zero-order chi connectivity index (χ0) is 16.0. The topological polar surface area (TPSA) is 59.2 Å². The smallest absolute Gasteiger partial charge is 0.254 e. The highest BCUT2D eigenvalue weighted by atomic mass is 16.2. The van der Waals surface area contributed by atoms with Gasteiger partial charge in [0.15, 0.2) is 0 Å². The number of nitrogens with two attached hydrogens (primary N) is 1. The predicted octanol–water partition coefficient (Wildman–Crippen LogP) is 2.84. The summed E-state index contributed by atoms with van der Waals surface area (Å²) in [6, 6.07) is 8.24. The number of amides is 1. The molecule has 4 nitrogen and oxygen atoms in total. The Labute approximate surface area is 136 Å². The Morgan fingerprint density at radius 1 is 1.30 bits per heavy atom. The molecule has 1 aliphatic carbocycles. The summed E-state index contributed by atoms with van der Waals surface area (Å²) in [5.74, 6) is 1.13. The molecule has 1 atom stereocenters. The standard InChI is InChI=1S/C19H23N3O/c1-12-2-5-17-15(8-12)16(9-18(21-17)14-3-4-14)19(23)22-7-6-13(10-20)11-22/h2,5,8-9,13-14H,3-4,6-7,10-11,20H2,1H3. The van der Waals surface area contributed by atoms with E-state index in [9.17, 15) is 4.79 Å². The van der Waals surface area contributed by atoms with Crippen LogP contribution in [0.4, 0.5) is 0 Å². The fourth-order valence-corrected chi connectivity index (χ4v) is 3.51. The van der Waals surface area contributed by atoms with Crippen molar-refractivity contribution in [1.82, 2.24) is 9.88 Å². The Morgan fingerprint density at radius 3 is 2.83 bits per heavy atom. The van der Waals surface area contributed by atoms with Crippen LogP contribution in [-0.2, 0) is 0 Å². The number of benzene rings is 1.